The number of rotatable bonds is 2. The Morgan fingerprint density at radius 3 is 2.23 bits per heavy atom. The average molecular weight is 561 g/mol. The summed E-state index contributed by atoms with van der Waals surface area (Å²) in [7, 11) is 0. The van der Waals surface area contributed by atoms with Crippen molar-refractivity contribution in [3.8, 4) is 44.6 Å². The number of benzene rings is 4. The van der Waals surface area contributed by atoms with Crippen LogP contribution in [0.15, 0.2) is 91.0 Å². The molecule has 1 radical (unpaired) electrons. The molecule has 4 aromatic carbocycles. The SMILES string of the molecule is Cc1cccc(-c2cc[c-]c(-c3cc4c5c(cccc5n3)-c3ccccc3-4)c2)c1.[Ir]. The molecule has 0 atom stereocenters. The van der Waals surface area contributed by atoms with Crippen LogP contribution in [0, 0.1) is 13.0 Å². The van der Waals surface area contributed by atoms with Gasteiger partial charge in [0, 0.05) is 25.5 Å². The van der Waals surface area contributed by atoms with E-state index in [0.717, 1.165) is 16.8 Å². The van der Waals surface area contributed by atoms with Crippen LogP contribution in [0.1, 0.15) is 5.56 Å². The van der Waals surface area contributed by atoms with Crippen LogP contribution in [0.5, 0.6) is 0 Å². The maximum Gasteiger partial charge on any atom is 0.0607 e. The van der Waals surface area contributed by atoms with Crippen LogP contribution < -0.4 is 0 Å². The number of fused-ring (bicyclic) bond motifs is 3. The van der Waals surface area contributed by atoms with Gasteiger partial charge in [-0.25, -0.2) is 0 Å². The van der Waals surface area contributed by atoms with Gasteiger partial charge in [0.2, 0.25) is 0 Å². The zero-order valence-corrected chi connectivity index (χ0v) is 18.8. The largest absolute Gasteiger partial charge is 0.296 e. The zero-order chi connectivity index (χ0) is 19.4. The number of hydrogen-bond acceptors (Lipinski definition) is 1. The standard InChI is InChI=1S/C28H18N.Ir/c1-18-7-4-8-19(15-18)20-9-5-10-21(16-20)27-17-25-23-12-3-2-11-22(23)24-13-6-14-26(29-27)28(24)25;/h2-9,11-17H,1H3;/q-1;. The maximum atomic E-state index is 5.01. The van der Waals surface area contributed by atoms with E-state index in [1.165, 1.54) is 44.3 Å². The van der Waals surface area contributed by atoms with Crippen LogP contribution in [0.4, 0.5) is 0 Å². The molecule has 5 aromatic rings. The van der Waals surface area contributed by atoms with Crippen LogP contribution in [0.2, 0.25) is 0 Å². The Kier molecular flexibility index (Phi) is 4.62. The van der Waals surface area contributed by atoms with E-state index in [0.29, 0.717) is 0 Å². The molecule has 1 nitrogen and oxygen atoms in total. The Morgan fingerprint density at radius 1 is 0.667 bits per heavy atom. The monoisotopic (exact) mass is 561 g/mol. The molecule has 1 aliphatic carbocycles. The van der Waals surface area contributed by atoms with E-state index in [-0.39, 0.29) is 20.1 Å². The summed E-state index contributed by atoms with van der Waals surface area (Å²) in [6.45, 7) is 2.13. The molecule has 0 unspecified atom stereocenters. The summed E-state index contributed by atoms with van der Waals surface area (Å²) in [5.41, 5.74) is 11.8. The van der Waals surface area contributed by atoms with Crippen LogP contribution in [-0.4, -0.2) is 4.98 Å². The topological polar surface area (TPSA) is 12.9 Å². The molecule has 0 bridgehead atoms. The quantitative estimate of drug-likeness (QED) is 0.202. The van der Waals surface area contributed by atoms with Crippen molar-refractivity contribution in [3.05, 3.63) is 103 Å². The Labute approximate surface area is 189 Å². The average Bonchev–Trinajstić information content (AvgIpc) is 3.09. The maximum absolute atomic E-state index is 5.01. The van der Waals surface area contributed by atoms with Crippen molar-refractivity contribution in [2.75, 3.05) is 0 Å². The molecule has 0 amide bonds. The summed E-state index contributed by atoms with van der Waals surface area (Å²) in [6.07, 6.45) is 0. The van der Waals surface area contributed by atoms with Gasteiger partial charge in [-0.15, -0.1) is 35.4 Å². The molecular formula is C28H18IrN-. The second-order valence-corrected chi connectivity index (χ2v) is 7.66. The van der Waals surface area contributed by atoms with Gasteiger partial charge in [-0.3, -0.25) is 4.98 Å². The van der Waals surface area contributed by atoms with E-state index < -0.39 is 0 Å². The first kappa shape index (κ1) is 18.9. The van der Waals surface area contributed by atoms with Gasteiger partial charge in [-0.1, -0.05) is 72.3 Å². The fraction of sp³-hybridized carbons (Fsp3) is 0.0357. The van der Waals surface area contributed by atoms with Gasteiger partial charge in [0.1, 0.15) is 0 Å². The summed E-state index contributed by atoms with van der Waals surface area (Å²) in [5.74, 6) is 0. The third kappa shape index (κ3) is 2.92. The fourth-order valence-electron chi connectivity index (χ4n) is 4.43. The summed E-state index contributed by atoms with van der Waals surface area (Å²) >= 11 is 0. The normalized spacial score (nSPS) is 11.2. The Morgan fingerprint density at radius 2 is 1.40 bits per heavy atom. The minimum atomic E-state index is 0. The van der Waals surface area contributed by atoms with E-state index in [2.05, 4.69) is 97.9 Å². The van der Waals surface area contributed by atoms with Crippen LogP contribution in [0.25, 0.3) is 55.5 Å². The van der Waals surface area contributed by atoms with E-state index in [9.17, 15) is 0 Å². The number of hydrogen-bond donors (Lipinski definition) is 0. The van der Waals surface area contributed by atoms with Gasteiger partial charge in [0.15, 0.2) is 0 Å². The molecular weight excluding hydrogens is 543 g/mol. The minimum absolute atomic E-state index is 0. The van der Waals surface area contributed by atoms with Crippen molar-refractivity contribution in [2.45, 2.75) is 6.92 Å². The summed E-state index contributed by atoms with van der Waals surface area (Å²) < 4.78 is 0. The Balaban J connectivity index is 0.00000193. The van der Waals surface area contributed by atoms with Crippen LogP contribution in [-0.2, 0) is 20.1 Å². The summed E-state index contributed by atoms with van der Waals surface area (Å²) in [4.78, 5) is 5.01. The first-order valence-corrected chi connectivity index (χ1v) is 9.91. The van der Waals surface area contributed by atoms with Crippen molar-refractivity contribution < 1.29 is 20.1 Å². The minimum Gasteiger partial charge on any atom is -0.296 e. The Bertz CT molecular complexity index is 1420. The van der Waals surface area contributed by atoms with Crippen molar-refractivity contribution >= 4 is 10.9 Å². The molecule has 0 saturated heterocycles. The molecule has 0 aliphatic heterocycles. The summed E-state index contributed by atoms with van der Waals surface area (Å²) in [6, 6.07) is 35.6. The molecule has 0 fully saturated rings. The molecule has 1 heterocycles. The molecule has 145 valence electrons. The van der Waals surface area contributed by atoms with E-state index in [1.807, 2.05) is 6.07 Å². The van der Waals surface area contributed by atoms with Crippen LogP contribution >= 0.6 is 0 Å². The molecule has 0 N–H and O–H groups in total. The van der Waals surface area contributed by atoms with E-state index in [4.69, 9.17) is 4.98 Å². The second-order valence-electron chi connectivity index (χ2n) is 7.66. The number of nitrogens with zero attached hydrogens (tertiary/aromatic N) is 1. The van der Waals surface area contributed by atoms with Crippen molar-refractivity contribution in [3.63, 3.8) is 0 Å². The van der Waals surface area contributed by atoms with Gasteiger partial charge in [-0.05, 0) is 46.5 Å². The first-order valence-electron chi connectivity index (χ1n) is 9.91. The van der Waals surface area contributed by atoms with Crippen LogP contribution in [0.3, 0.4) is 0 Å². The molecule has 6 rings (SSSR count). The predicted molar refractivity (Wildman–Crippen MR) is 121 cm³/mol. The zero-order valence-electron chi connectivity index (χ0n) is 16.4. The second kappa shape index (κ2) is 7.32. The van der Waals surface area contributed by atoms with Crippen molar-refractivity contribution in [1.82, 2.24) is 4.98 Å². The van der Waals surface area contributed by atoms with Gasteiger partial charge in [0.25, 0.3) is 0 Å². The van der Waals surface area contributed by atoms with Crippen molar-refractivity contribution in [1.29, 1.82) is 0 Å². The van der Waals surface area contributed by atoms with E-state index in [1.54, 1.807) is 0 Å². The number of aryl methyl sites for hydroxylation is 1. The molecule has 30 heavy (non-hydrogen) atoms. The molecule has 0 spiro atoms. The number of pyridine rings is 1. The summed E-state index contributed by atoms with van der Waals surface area (Å²) in [5, 5.41) is 1.26. The van der Waals surface area contributed by atoms with Gasteiger partial charge in [0.05, 0.1) is 5.52 Å². The predicted octanol–water partition coefficient (Wildman–Crippen LogP) is 7.32. The van der Waals surface area contributed by atoms with E-state index >= 15 is 0 Å². The number of aromatic nitrogens is 1. The van der Waals surface area contributed by atoms with Gasteiger partial charge < -0.3 is 0 Å². The molecule has 1 aromatic heterocycles. The fourth-order valence-corrected chi connectivity index (χ4v) is 4.43. The molecule has 2 heteroatoms. The Hall–Kier alpha value is -3.06. The first-order chi connectivity index (χ1) is 14.3. The van der Waals surface area contributed by atoms with Crippen molar-refractivity contribution in [2.24, 2.45) is 0 Å². The molecule has 1 aliphatic rings. The molecule has 0 saturated carbocycles. The smallest absolute Gasteiger partial charge is 0.0607 e. The van der Waals surface area contributed by atoms with Gasteiger partial charge in [-0.2, -0.15) is 0 Å². The third-order valence-corrected chi connectivity index (χ3v) is 5.77. The van der Waals surface area contributed by atoms with Gasteiger partial charge >= 0.3 is 0 Å². The third-order valence-electron chi connectivity index (χ3n) is 5.77.